The summed E-state index contributed by atoms with van der Waals surface area (Å²) in [5.74, 6) is 2.47. The molecule has 0 amide bonds. The zero-order valence-electron chi connectivity index (χ0n) is 15.8. The van der Waals surface area contributed by atoms with E-state index in [0.29, 0.717) is 0 Å². The van der Waals surface area contributed by atoms with Crippen molar-refractivity contribution in [2.24, 2.45) is 0 Å². The molecule has 1 unspecified atom stereocenters. The molecule has 0 aliphatic rings. The molecule has 0 saturated carbocycles. The van der Waals surface area contributed by atoms with Crippen molar-refractivity contribution in [2.45, 2.75) is 104 Å². The molecule has 0 fully saturated rings. The molecule has 1 nitrogen and oxygen atoms in total. The van der Waals surface area contributed by atoms with E-state index >= 15 is 0 Å². The fourth-order valence-corrected chi connectivity index (χ4v) is 8.03. The summed E-state index contributed by atoms with van der Waals surface area (Å²) in [6.07, 6.45) is 17.8. The van der Waals surface area contributed by atoms with Crippen LogP contribution in [0.25, 0.3) is 0 Å². The van der Waals surface area contributed by atoms with Crippen LogP contribution < -0.4 is 0 Å². The minimum absolute atomic E-state index is 0. The molecule has 0 saturated heterocycles. The molecule has 1 N–H and O–H groups in total. The van der Waals surface area contributed by atoms with E-state index in [1.807, 2.05) is 0 Å². The monoisotopic (exact) mass is 482 g/mol. The van der Waals surface area contributed by atoms with Gasteiger partial charge in [-0.2, -0.15) is 10.1 Å². The molecule has 138 valence electrons. The van der Waals surface area contributed by atoms with Gasteiger partial charge >= 0.3 is 0 Å². The Bertz CT molecular complexity index is 252. The SMILES string of the molecule is CCCCCCCCCS(CCCCCCCCC)=[PH](O)S.[Cd]. The molecule has 0 spiro atoms. The van der Waals surface area contributed by atoms with Gasteiger partial charge in [0.15, 0.2) is 0 Å². The average Bonchev–Trinajstić information content (AvgIpc) is 2.50. The molecular weight excluding hydrogens is 440 g/mol. The first-order chi connectivity index (χ1) is 10.7. The van der Waals surface area contributed by atoms with Crippen molar-refractivity contribution in [1.29, 1.82) is 0 Å². The third kappa shape index (κ3) is 20.2. The van der Waals surface area contributed by atoms with Gasteiger partial charge in [0.25, 0.3) is 0 Å². The molecule has 0 aromatic heterocycles. The fraction of sp³-hybridized carbons (Fsp3) is 1.00. The van der Waals surface area contributed by atoms with Gasteiger partial charge in [0.05, 0.1) is 6.13 Å². The maximum atomic E-state index is 9.94. The van der Waals surface area contributed by atoms with Crippen LogP contribution in [0.3, 0.4) is 0 Å². The molecule has 23 heavy (non-hydrogen) atoms. The van der Waals surface area contributed by atoms with Crippen molar-refractivity contribution in [3.63, 3.8) is 0 Å². The van der Waals surface area contributed by atoms with Crippen molar-refractivity contribution in [1.82, 2.24) is 0 Å². The van der Waals surface area contributed by atoms with Crippen LogP contribution in [0.2, 0.25) is 0 Å². The van der Waals surface area contributed by atoms with Gasteiger partial charge in [-0.1, -0.05) is 90.9 Å². The second-order valence-electron chi connectivity index (χ2n) is 6.43. The Hall–Kier alpha value is 2.01. The first kappa shape index (κ1) is 27.2. The molecule has 0 aromatic rings. The van der Waals surface area contributed by atoms with Crippen LogP contribution in [0.5, 0.6) is 0 Å². The van der Waals surface area contributed by atoms with Gasteiger partial charge in [-0.3, -0.25) is 0 Å². The number of unbranched alkanes of at least 4 members (excludes halogenated alkanes) is 12. The summed E-state index contributed by atoms with van der Waals surface area (Å²) in [6.45, 7) is 4.54. The molecule has 0 rings (SSSR count). The smallest absolute Gasteiger partial charge is 0.0631 e. The van der Waals surface area contributed by atoms with Crippen molar-refractivity contribution in [2.75, 3.05) is 11.5 Å². The molecule has 0 heterocycles. The van der Waals surface area contributed by atoms with E-state index in [1.165, 1.54) is 101 Å². The van der Waals surface area contributed by atoms with E-state index in [1.54, 1.807) is 0 Å². The molecule has 0 aliphatic carbocycles. The first-order valence-electron chi connectivity index (χ1n) is 9.64. The van der Waals surface area contributed by atoms with Crippen molar-refractivity contribution in [3.8, 4) is 0 Å². The van der Waals surface area contributed by atoms with Crippen molar-refractivity contribution < 1.29 is 32.2 Å². The Morgan fingerprint density at radius 3 is 1.26 bits per heavy atom. The van der Waals surface area contributed by atoms with Crippen LogP contribution in [-0.2, 0) is 37.4 Å². The number of hydrogen-bond acceptors (Lipinski definition) is 0. The van der Waals surface area contributed by atoms with Crippen LogP contribution in [0, 0.1) is 0 Å². The Balaban J connectivity index is 0. The summed E-state index contributed by atoms with van der Waals surface area (Å²) < 4.78 is 0. The Morgan fingerprint density at radius 1 is 0.652 bits per heavy atom. The van der Waals surface area contributed by atoms with Crippen molar-refractivity contribution >= 4 is 28.4 Å². The topological polar surface area (TPSA) is 20.2 Å². The van der Waals surface area contributed by atoms with Gasteiger partial charge in [-0.15, -0.1) is 12.2 Å². The molecule has 0 bridgehead atoms. The first-order valence-corrected chi connectivity index (χ1v) is 14.7. The standard InChI is InChI=1S/C18H41OPS2.Cd/c1-3-5-7-9-11-13-15-17-22(20(19)21)18-16-14-12-10-8-6-4-2;/h19-21H,3-18H2,1-2H3;. The maximum Gasteiger partial charge on any atom is 0.0631 e. The zero-order valence-corrected chi connectivity index (χ0v) is 22.6. The van der Waals surface area contributed by atoms with E-state index in [4.69, 9.17) is 0 Å². The quantitative estimate of drug-likeness (QED) is 0.106. The predicted octanol–water partition coefficient (Wildman–Crippen LogP) is 6.98. The molecule has 0 radical (unpaired) electrons. The summed E-state index contributed by atoms with van der Waals surface area (Å²) in [7, 11) is 0.228. The van der Waals surface area contributed by atoms with Gasteiger partial charge in [0.1, 0.15) is 0 Å². The van der Waals surface area contributed by atoms with Crippen LogP contribution in [0.1, 0.15) is 104 Å². The summed E-state index contributed by atoms with van der Waals surface area (Å²) in [6, 6.07) is 0. The average molecular weight is 481 g/mol. The summed E-state index contributed by atoms with van der Waals surface area (Å²) in [4.78, 5) is 9.94. The predicted molar refractivity (Wildman–Crippen MR) is 113 cm³/mol. The van der Waals surface area contributed by atoms with E-state index in [0.717, 1.165) is 0 Å². The van der Waals surface area contributed by atoms with E-state index < -0.39 is 6.13 Å². The van der Waals surface area contributed by atoms with E-state index in [2.05, 4.69) is 26.1 Å². The minimum atomic E-state index is -1.35. The molecular formula is C18H41CdOPS2. The number of hydrogen-bond donors (Lipinski definition) is 2. The molecule has 0 aromatic carbocycles. The molecule has 0 aliphatic heterocycles. The second kappa shape index (κ2) is 22.1. The normalized spacial score (nSPS) is 12.4. The van der Waals surface area contributed by atoms with E-state index in [-0.39, 0.29) is 37.4 Å². The van der Waals surface area contributed by atoms with Crippen LogP contribution in [0.4, 0.5) is 0 Å². The summed E-state index contributed by atoms with van der Waals surface area (Å²) >= 11 is 4.41. The zero-order chi connectivity index (χ0) is 16.5. The van der Waals surface area contributed by atoms with Gasteiger partial charge in [0.2, 0.25) is 0 Å². The van der Waals surface area contributed by atoms with Gasteiger partial charge in [-0.05, 0) is 24.3 Å². The van der Waals surface area contributed by atoms with Crippen molar-refractivity contribution in [3.05, 3.63) is 0 Å². The largest absolute Gasteiger partial charge is 0.364 e. The van der Waals surface area contributed by atoms with Crippen LogP contribution in [-0.4, -0.2) is 16.4 Å². The van der Waals surface area contributed by atoms with Crippen LogP contribution >= 0.6 is 18.4 Å². The summed E-state index contributed by atoms with van der Waals surface area (Å²) in [5.41, 5.74) is 0. The van der Waals surface area contributed by atoms with Gasteiger partial charge in [-0.25, -0.2) is 0 Å². The molecule has 1 atom stereocenters. The van der Waals surface area contributed by atoms with Crippen LogP contribution in [0.15, 0.2) is 0 Å². The number of thiol groups is 1. The Labute approximate surface area is 174 Å². The third-order valence-corrected chi connectivity index (χ3v) is 11.4. The van der Waals surface area contributed by atoms with Gasteiger partial charge in [0, 0.05) is 27.3 Å². The Kier molecular flexibility index (Phi) is 26.1. The van der Waals surface area contributed by atoms with E-state index in [9.17, 15) is 4.89 Å². The maximum absolute atomic E-state index is 9.94. The number of rotatable bonds is 16. The third-order valence-electron chi connectivity index (χ3n) is 4.25. The van der Waals surface area contributed by atoms with Gasteiger partial charge < -0.3 is 4.89 Å². The fourth-order valence-electron chi connectivity index (χ4n) is 2.75. The minimum Gasteiger partial charge on any atom is -0.364 e. The Morgan fingerprint density at radius 2 is 0.957 bits per heavy atom. The second-order valence-corrected chi connectivity index (χ2v) is 13.9. The summed E-state index contributed by atoms with van der Waals surface area (Å²) in [5, 5.41) is 0. The molecule has 5 heteroatoms.